The third-order valence-corrected chi connectivity index (χ3v) is 2.74. The van der Waals surface area contributed by atoms with Crippen molar-refractivity contribution in [1.82, 2.24) is 25.1 Å². The summed E-state index contributed by atoms with van der Waals surface area (Å²) in [5.41, 5.74) is 0. The zero-order valence-electron chi connectivity index (χ0n) is 7.61. The van der Waals surface area contributed by atoms with Crippen LogP contribution in [-0.2, 0) is 6.42 Å². The van der Waals surface area contributed by atoms with E-state index in [4.69, 9.17) is 0 Å². The molecule has 6 heteroatoms. The fourth-order valence-corrected chi connectivity index (χ4v) is 1.97. The van der Waals surface area contributed by atoms with Gasteiger partial charge in [0.05, 0.1) is 0 Å². The van der Waals surface area contributed by atoms with E-state index in [2.05, 4.69) is 20.6 Å². The van der Waals surface area contributed by atoms with Gasteiger partial charge in [0.1, 0.15) is 5.01 Å². The number of rotatable bonds is 3. The number of likely N-dealkylation sites (N-methyl/N-ethyl adjacent to an activating group) is 1. The van der Waals surface area contributed by atoms with Gasteiger partial charge in [0.2, 0.25) is 4.96 Å². The summed E-state index contributed by atoms with van der Waals surface area (Å²) < 4.78 is 1.79. The summed E-state index contributed by atoms with van der Waals surface area (Å²) >= 11 is 1.60. The standard InChI is InChI=1S/C7H11N5S/c1-5-9-10-7-12(5)11-6(13-7)3-4-8-2/h8H,3-4H2,1-2H3. The summed E-state index contributed by atoms with van der Waals surface area (Å²) in [7, 11) is 1.94. The predicted molar refractivity (Wildman–Crippen MR) is 51.0 cm³/mol. The lowest BCUT2D eigenvalue weighted by Gasteiger charge is -1.92. The van der Waals surface area contributed by atoms with Crippen LogP contribution >= 0.6 is 11.3 Å². The molecule has 0 saturated carbocycles. The van der Waals surface area contributed by atoms with Crippen LogP contribution in [0.1, 0.15) is 10.8 Å². The number of hydrogen-bond donors (Lipinski definition) is 1. The second-order valence-corrected chi connectivity index (χ2v) is 3.83. The number of hydrogen-bond acceptors (Lipinski definition) is 5. The zero-order valence-corrected chi connectivity index (χ0v) is 8.43. The van der Waals surface area contributed by atoms with Gasteiger partial charge in [-0.1, -0.05) is 11.3 Å². The Morgan fingerprint density at radius 3 is 3.00 bits per heavy atom. The molecule has 0 aromatic carbocycles. The highest BCUT2D eigenvalue weighted by Crippen LogP contribution is 2.13. The summed E-state index contributed by atoms with van der Waals surface area (Å²) in [6.45, 7) is 2.85. The van der Waals surface area contributed by atoms with Gasteiger partial charge in [-0.25, -0.2) is 0 Å². The molecule has 1 N–H and O–H groups in total. The highest BCUT2D eigenvalue weighted by atomic mass is 32.1. The lowest BCUT2D eigenvalue weighted by atomic mass is 10.4. The minimum atomic E-state index is 0.849. The van der Waals surface area contributed by atoms with E-state index in [0.29, 0.717) is 0 Å². The minimum absolute atomic E-state index is 0.849. The first kappa shape index (κ1) is 8.58. The molecule has 0 aliphatic heterocycles. The molecule has 0 aliphatic carbocycles. The van der Waals surface area contributed by atoms with E-state index < -0.39 is 0 Å². The van der Waals surface area contributed by atoms with E-state index in [-0.39, 0.29) is 0 Å². The van der Waals surface area contributed by atoms with Crippen LogP contribution in [0.2, 0.25) is 0 Å². The Kier molecular flexibility index (Phi) is 2.24. The molecule has 0 bridgehead atoms. The van der Waals surface area contributed by atoms with Crippen LogP contribution in [0.25, 0.3) is 4.96 Å². The first-order chi connectivity index (χ1) is 6.31. The molecule has 0 fully saturated rings. The van der Waals surface area contributed by atoms with Crippen molar-refractivity contribution in [2.45, 2.75) is 13.3 Å². The Morgan fingerprint density at radius 1 is 1.46 bits per heavy atom. The highest BCUT2D eigenvalue weighted by Gasteiger charge is 2.07. The number of nitrogens with one attached hydrogen (secondary N) is 1. The van der Waals surface area contributed by atoms with Gasteiger partial charge in [0.25, 0.3) is 0 Å². The van der Waals surface area contributed by atoms with Crippen molar-refractivity contribution in [2.75, 3.05) is 13.6 Å². The minimum Gasteiger partial charge on any atom is -0.319 e. The van der Waals surface area contributed by atoms with Gasteiger partial charge >= 0.3 is 0 Å². The average molecular weight is 197 g/mol. The molecule has 0 atom stereocenters. The van der Waals surface area contributed by atoms with Crippen LogP contribution in [0.5, 0.6) is 0 Å². The fraction of sp³-hybridized carbons (Fsp3) is 0.571. The normalized spacial score (nSPS) is 11.2. The first-order valence-electron chi connectivity index (χ1n) is 4.13. The third kappa shape index (κ3) is 1.54. The molecule has 2 aromatic rings. The van der Waals surface area contributed by atoms with Crippen LogP contribution in [0.15, 0.2) is 0 Å². The molecule has 0 spiro atoms. The summed E-state index contributed by atoms with van der Waals surface area (Å²) in [5.74, 6) is 0.849. The smallest absolute Gasteiger partial charge is 0.234 e. The van der Waals surface area contributed by atoms with Gasteiger partial charge in [0.15, 0.2) is 5.82 Å². The van der Waals surface area contributed by atoms with E-state index in [9.17, 15) is 0 Å². The van der Waals surface area contributed by atoms with Gasteiger partial charge in [-0.3, -0.25) is 0 Å². The van der Waals surface area contributed by atoms with Crippen molar-refractivity contribution in [1.29, 1.82) is 0 Å². The molecular weight excluding hydrogens is 186 g/mol. The molecule has 13 heavy (non-hydrogen) atoms. The van der Waals surface area contributed by atoms with Crippen molar-refractivity contribution in [3.63, 3.8) is 0 Å². The van der Waals surface area contributed by atoms with Crippen LogP contribution in [0.4, 0.5) is 0 Å². The molecule has 0 aliphatic rings. The SMILES string of the molecule is CNCCc1nn2c(C)nnc2s1. The maximum atomic E-state index is 4.38. The maximum absolute atomic E-state index is 4.38. The maximum Gasteiger partial charge on any atom is 0.234 e. The Hall–Kier alpha value is -1.01. The van der Waals surface area contributed by atoms with Gasteiger partial charge in [-0.15, -0.1) is 10.2 Å². The summed E-state index contributed by atoms with van der Waals surface area (Å²) in [4.78, 5) is 0.878. The molecule has 0 radical (unpaired) electrons. The molecule has 0 amide bonds. The molecule has 0 saturated heterocycles. The summed E-state index contributed by atoms with van der Waals surface area (Å²) in [5, 5.41) is 16.5. The Balaban J connectivity index is 2.28. The fourth-order valence-electron chi connectivity index (χ4n) is 1.09. The molecule has 2 aromatic heterocycles. The lowest BCUT2D eigenvalue weighted by molar-refractivity contribution is 0.764. The molecule has 5 nitrogen and oxygen atoms in total. The number of aryl methyl sites for hydroxylation is 1. The van der Waals surface area contributed by atoms with Crippen molar-refractivity contribution >= 4 is 16.3 Å². The van der Waals surface area contributed by atoms with Crippen molar-refractivity contribution in [2.24, 2.45) is 0 Å². The van der Waals surface area contributed by atoms with E-state index >= 15 is 0 Å². The first-order valence-corrected chi connectivity index (χ1v) is 4.95. The Bertz CT molecular complexity index is 404. The number of fused-ring (bicyclic) bond motifs is 1. The quantitative estimate of drug-likeness (QED) is 0.766. The molecule has 2 rings (SSSR count). The summed E-state index contributed by atoms with van der Waals surface area (Å²) in [6.07, 6.45) is 0.948. The van der Waals surface area contributed by atoms with Crippen molar-refractivity contribution in [3.8, 4) is 0 Å². The molecule has 0 unspecified atom stereocenters. The average Bonchev–Trinajstić information content (AvgIpc) is 2.65. The second kappa shape index (κ2) is 3.39. The third-order valence-electron chi connectivity index (χ3n) is 1.78. The second-order valence-electron chi connectivity index (χ2n) is 2.79. The van der Waals surface area contributed by atoms with Crippen LogP contribution in [-0.4, -0.2) is 33.4 Å². The van der Waals surface area contributed by atoms with Crippen LogP contribution < -0.4 is 5.32 Å². The van der Waals surface area contributed by atoms with Crippen molar-refractivity contribution in [3.05, 3.63) is 10.8 Å². The van der Waals surface area contributed by atoms with E-state index in [1.807, 2.05) is 14.0 Å². The van der Waals surface area contributed by atoms with E-state index in [1.165, 1.54) is 0 Å². The molecular formula is C7H11N5S. The molecule has 2 heterocycles. The summed E-state index contributed by atoms with van der Waals surface area (Å²) in [6, 6.07) is 0. The monoisotopic (exact) mass is 197 g/mol. The zero-order chi connectivity index (χ0) is 9.26. The Morgan fingerprint density at radius 2 is 2.31 bits per heavy atom. The predicted octanol–water partition coefficient (Wildman–Crippen LogP) is 0.256. The van der Waals surface area contributed by atoms with Gasteiger partial charge in [0, 0.05) is 13.0 Å². The van der Waals surface area contributed by atoms with Gasteiger partial charge in [-0.05, 0) is 14.0 Å². The van der Waals surface area contributed by atoms with Crippen LogP contribution in [0.3, 0.4) is 0 Å². The van der Waals surface area contributed by atoms with E-state index in [0.717, 1.165) is 28.8 Å². The van der Waals surface area contributed by atoms with E-state index in [1.54, 1.807) is 15.9 Å². The lowest BCUT2D eigenvalue weighted by Crippen LogP contribution is -2.10. The Labute approximate surface area is 79.8 Å². The van der Waals surface area contributed by atoms with Gasteiger partial charge in [-0.2, -0.15) is 9.61 Å². The topological polar surface area (TPSA) is 55.1 Å². The number of nitrogens with zero attached hydrogens (tertiary/aromatic N) is 4. The van der Waals surface area contributed by atoms with Gasteiger partial charge < -0.3 is 5.32 Å². The molecule has 70 valence electrons. The highest BCUT2D eigenvalue weighted by molar-refractivity contribution is 7.16. The largest absolute Gasteiger partial charge is 0.319 e. The number of aromatic nitrogens is 4. The van der Waals surface area contributed by atoms with Crippen molar-refractivity contribution < 1.29 is 0 Å². The van der Waals surface area contributed by atoms with Crippen LogP contribution in [0, 0.1) is 6.92 Å².